The van der Waals surface area contributed by atoms with Gasteiger partial charge in [-0.15, -0.1) is 11.3 Å². The van der Waals surface area contributed by atoms with Crippen LogP contribution in [0.3, 0.4) is 0 Å². The fraction of sp³-hybridized carbons (Fsp3) is 0.632. The van der Waals surface area contributed by atoms with Crippen LogP contribution in [0.5, 0.6) is 0 Å². The minimum absolute atomic E-state index is 0.0697. The summed E-state index contributed by atoms with van der Waals surface area (Å²) in [6, 6.07) is 0. The van der Waals surface area contributed by atoms with Gasteiger partial charge in [0.05, 0.1) is 5.56 Å². The van der Waals surface area contributed by atoms with Gasteiger partial charge in [0.2, 0.25) is 5.91 Å². The summed E-state index contributed by atoms with van der Waals surface area (Å²) in [5, 5.41) is 13.7. The van der Waals surface area contributed by atoms with Gasteiger partial charge in [-0.3, -0.25) is 9.59 Å². The molecule has 0 saturated heterocycles. The standard InChI is InChI=1S/C19H28N2O4S/c1-4-19(2,3)11-8-9-12-13(10-11)26-18(16(12)17(20)25)21-14(22)6-5-7-15(23)24/h11H,4-10H2,1-3H3,(H2,20,25)(H,21,22)(H,23,24)/p-1/t11-/m1/s1. The number of nitrogens with one attached hydrogen (secondary N) is 1. The molecule has 2 rings (SSSR count). The second-order valence-corrected chi connectivity index (χ2v) is 8.73. The molecule has 1 aromatic heterocycles. The summed E-state index contributed by atoms with van der Waals surface area (Å²) in [5.41, 5.74) is 7.19. The molecular formula is C19H27N2O4S-. The van der Waals surface area contributed by atoms with Gasteiger partial charge in [-0.05, 0) is 49.0 Å². The van der Waals surface area contributed by atoms with E-state index in [1.807, 2.05) is 0 Å². The van der Waals surface area contributed by atoms with Crippen LogP contribution in [0.4, 0.5) is 5.00 Å². The summed E-state index contributed by atoms with van der Waals surface area (Å²) in [6.07, 6.45) is 3.89. The Hall–Kier alpha value is -1.89. The predicted octanol–water partition coefficient (Wildman–Crippen LogP) is 2.25. The first-order chi connectivity index (χ1) is 12.2. The number of aliphatic carboxylic acids is 1. The zero-order chi connectivity index (χ0) is 19.5. The monoisotopic (exact) mass is 379 g/mol. The van der Waals surface area contributed by atoms with Crippen molar-refractivity contribution in [3.63, 3.8) is 0 Å². The third-order valence-electron chi connectivity index (χ3n) is 5.57. The van der Waals surface area contributed by atoms with Crippen molar-refractivity contribution in [1.82, 2.24) is 0 Å². The molecule has 0 aromatic carbocycles. The van der Waals surface area contributed by atoms with Crippen LogP contribution in [0.25, 0.3) is 0 Å². The summed E-state index contributed by atoms with van der Waals surface area (Å²) in [6.45, 7) is 6.73. The number of carboxylic acids is 1. The number of hydrogen-bond acceptors (Lipinski definition) is 5. The average molecular weight is 380 g/mol. The highest BCUT2D eigenvalue weighted by atomic mass is 32.1. The molecule has 26 heavy (non-hydrogen) atoms. The molecule has 6 nitrogen and oxygen atoms in total. The van der Waals surface area contributed by atoms with E-state index in [0.717, 1.165) is 36.1 Å². The largest absolute Gasteiger partial charge is 0.550 e. The summed E-state index contributed by atoms with van der Waals surface area (Å²) < 4.78 is 0. The number of carbonyl (C=O) groups excluding carboxylic acids is 3. The van der Waals surface area contributed by atoms with Crippen molar-refractivity contribution in [2.45, 2.75) is 65.7 Å². The zero-order valence-electron chi connectivity index (χ0n) is 15.6. The van der Waals surface area contributed by atoms with Crippen molar-refractivity contribution >= 4 is 34.1 Å². The van der Waals surface area contributed by atoms with E-state index in [4.69, 9.17) is 5.73 Å². The van der Waals surface area contributed by atoms with E-state index in [-0.39, 0.29) is 30.6 Å². The Morgan fingerprint density at radius 3 is 2.58 bits per heavy atom. The lowest BCUT2D eigenvalue weighted by Gasteiger charge is -2.36. The molecule has 0 bridgehead atoms. The van der Waals surface area contributed by atoms with Gasteiger partial charge >= 0.3 is 0 Å². The normalized spacial score (nSPS) is 16.8. The molecule has 1 atom stereocenters. The topological polar surface area (TPSA) is 112 Å². The Bertz CT molecular complexity index is 709. The van der Waals surface area contributed by atoms with Crippen LogP contribution in [0, 0.1) is 11.3 Å². The summed E-state index contributed by atoms with van der Waals surface area (Å²) in [5.74, 6) is -1.48. The van der Waals surface area contributed by atoms with Crippen molar-refractivity contribution in [1.29, 1.82) is 0 Å². The first-order valence-corrected chi connectivity index (χ1v) is 9.91. The lowest BCUT2D eigenvalue weighted by molar-refractivity contribution is -0.305. The van der Waals surface area contributed by atoms with Crippen molar-refractivity contribution < 1.29 is 19.5 Å². The van der Waals surface area contributed by atoms with Crippen LogP contribution in [0.1, 0.15) is 73.7 Å². The van der Waals surface area contributed by atoms with Crippen molar-refractivity contribution in [3.05, 3.63) is 16.0 Å². The second kappa shape index (κ2) is 8.20. The number of fused-ring (bicyclic) bond motifs is 1. The number of carbonyl (C=O) groups is 3. The van der Waals surface area contributed by atoms with E-state index < -0.39 is 11.9 Å². The Morgan fingerprint density at radius 1 is 1.31 bits per heavy atom. The lowest BCUT2D eigenvalue weighted by Crippen LogP contribution is -2.29. The molecule has 1 aliphatic rings. The number of primary amides is 1. The second-order valence-electron chi connectivity index (χ2n) is 7.63. The first kappa shape index (κ1) is 20.4. The van der Waals surface area contributed by atoms with Crippen LogP contribution in [0.15, 0.2) is 0 Å². The van der Waals surface area contributed by atoms with Crippen LogP contribution in [-0.2, 0) is 22.4 Å². The Balaban J connectivity index is 2.18. The molecular weight excluding hydrogens is 352 g/mol. The summed E-state index contributed by atoms with van der Waals surface area (Å²) >= 11 is 1.43. The van der Waals surface area contributed by atoms with E-state index >= 15 is 0 Å². The number of anilines is 1. The molecule has 3 N–H and O–H groups in total. The van der Waals surface area contributed by atoms with Crippen molar-refractivity contribution in [2.24, 2.45) is 17.1 Å². The van der Waals surface area contributed by atoms with Gasteiger partial charge in [0, 0.05) is 17.3 Å². The third-order valence-corrected chi connectivity index (χ3v) is 6.74. The van der Waals surface area contributed by atoms with Gasteiger partial charge in [-0.2, -0.15) is 0 Å². The Kier molecular flexibility index (Phi) is 6.44. The molecule has 0 aliphatic heterocycles. The SMILES string of the molecule is CCC(C)(C)[C@@H]1CCc2c(sc(NC(=O)CCCC(=O)[O-])c2C(N)=O)C1. The Morgan fingerprint density at radius 2 is 2.00 bits per heavy atom. The van der Waals surface area contributed by atoms with Crippen molar-refractivity contribution in [3.8, 4) is 0 Å². The smallest absolute Gasteiger partial charge is 0.251 e. The van der Waals surface area contributed by atoms with Gasteiger partial charge in [0.25, 0.3) is 5.91 Å². The number of nitrogens with two attached hydrogens (primary N) is 1. The minimum atomic E-state index is -1.17. The molecule has 1 heterocycles. The molecule has 0 fully saturated rings. The van der Waals surface area contributed by atoms with Gasteiger partial charge < -0.3 is 21.0 Å². The summed E-state index contributed by atoms with van der Waals surface area (Å²) in [4.78, 5) is 35.6. The van der Waals surface area contributed by atoms with Gasteiger partial charge in [0.1, 0.15) is 5.00 Å². The van der Waals surface area contributed by atoms with Crippen LogP contribution in [0.2, 0.25) is 0 Å². The van der Waals surface area contributed by atoms with Gasteiger partial charge in [-0.25, -0.2) is 0 Å². The molecule has 7 heteroatoms. The minimum Gasteiger partial charge on any atom is -0.550 e. The highest BCUT2D eigenvalue weighted by molar-refractivity contribution is 7.17. The number of rotatable bonds is 8. The van der Waals surface area contributed by atoms with Crippen LogP contribution in [-0.4, -0.2) is 17.8 Å². The molecule has 144 valence electrons. The molecule has 2 amide bonds. The first-order valence-electron chi connectivity index (χ1n) is 9.09. The fourth-order valence-corrected chi connectivity index (χ4v) is 4.82. The number of hydrogen-bond donors (Lipinski definition) is 2. The van der Waals surface area contributed by atoms with E-state index in [1.54, 1.807) is 0 Å². The van der Waals surface area contributed by atoms with Crippen LogP contribution >= 0.6 is 11.3 Å². The summed E-state index contributed by atoms with van der Waals surface area (Å²) in [7, 11) is 0. The van der Waals surface area contributed by atoms with E-state index in [0.29, 0.717) is 16.5 Å². The average Bonchev–Trinajstić information content (AvgIpc) is 2.91. The van der Waals surface area contributed by atoms with E-state index in [9.17, 15) is 19.5 Å². The van der Waals surface area contributed by atoms with Crippen molar-refractivity contribution in [2.75, 3.05) is 5.32 Å². The third kappa shape index (κ3) is 4.63. The van der Waals surface area contributed by atoms with Gasteiger partial charge in [0.15, 0.2) is 0 Å². The fourth-order valence-electron chi connectivity index (χ4n) is 3.47. The molecule has 1 aliphatic carbocycles. The molecule has 0 unspecified atom stereocenters. The van der Waals surface area contributed by atoms with E-state index in [1.165, 1.54) is 11.3 Å². The highest BCUT2D eigenvalue weighted by Gasteiger charge is 2.34. The maximum Gasteiger partial charge on any atom is 0.251 e. The Labute approximate surface area is 158 Å². The maximum atomic E-state index is 12.1. The highest BCUT2D eigenvalue weighted by Crippen LogP contribution is 2.45. The zero-order valence-corrected chi connectivity index (χ0v) is 16.5. The van der Waals surface area contributed by atoms with E-state index in [2.05, 4.69) is 26.1 Å². The molecule has 1 aromatic rings. The maximum absolute atomic E-state index is 12.1. The van der Waals surface area contributed by atoms with Crippen LogP contribution < -0.4 is 16.2 Å². The van der Waals surface area contributed by atoms with Gasteiger partial charge in [-0.1, -0.05) is 27.2 Å². The quantitative estimate of drug-likeness (QED) is 0.721. The molecule has 0 saturated carbocycles. The number of carboxylic acid groups (broad SMARTS) is 1. The lowest BCUT2D eigenvalue weighted by atomic mass is 9.69. The predicted molar refractivity (Wildman–Crippen MR) is 99.9 cm³/mol. The molecule has 0 spiro atoms. The number of amides is 2. The molecule has 0 radical (unpaired) electrons. The number of thiophene rings is 1.